The van der Waals surface area contributed by atoms with Gasteiger partial charge in [0.2, 0.25) is 11.8 Å². The molecule has 3 amide bonds. The van der Waals surface area contributed by atoms with Gasteiger partial charge in [-0.15, -0.1) is 0 Å². The Morgan fingerprint density at radius 2 is 1.77 bits per heavy atom. The summed E-state index contributed by atoms with van der Waals surface area (Å²) in [4.78, 5) is 40.5. The van der Waals surface area contributed by atoms with Gasteiger partial charge in [-0.2, -0.15) is 13.2 Å². The van der Waals surface area contributed by atoms with Crippen LogP contribution in [-0.4, -0.2) is 62.0 Å². The lowest BCUT2D eigenvalue weighted by atomic mass is 9.76. The van der Waals surface area contributed by atoms with E-state index in [9.17, 15) is 27.6 Å². The number of nitrogens with one attached hydrogen (secondary N) is 3. The van der Waals surface area contributed by atoms with E-state index in [1.54, 1.807) is 24.3 Å². The first kappa shape index (κ1) is 28.2. The maximum absolute atomic E-state index is 13.4. The van der Waals surface area contributed by atoms with Gasteiger partial charge in [0.1, 0.15) is 12.4 Å². The summed E-state index contributed by atoms with van der Waals surface area (Å²) in [6.07, 6.45) is 0.998. The van der Waals surface area contributed by atoms with E-state index in [1.165, 1.54) is 12.1 Å². The van der Waals surface area contributed by atoms with Gasteiger partial charge in [-0.05, 0) is 62.2 Å². The molecule has 1 spiro atoms. The number of hydrogen-bond acceptors (Lipinski definition) is 5. The van der Waals surface area contributed by atoms with Crippen LogP contribution in [0.3, 0.4) is 0 Å². The van der Waals surface area contributed by atoms with Crippen LogP contribution < -0.4 is 20.7 Å². The zero-order chi connectivity index (χ0) is 27.9. The van der Waals surface area contributed by atoms with Crippen LogP contribution in [0.5, 0.6) is 5.75 Å². The van der Waals surface area contributed by atoms with Crippen LogP contribution in [-0.2, 0) is 15.8 Å². The number of ether oxygens (including phenoxy) is 1. The number of carbonyl (C=O) groups is 3. The van der Waals surface area contributed by atoms with E-state index in [4.69, 9.17) is 4.74 Å². The standard InChI is InChI=1S/C28H31F3N4O4/c29-28(30,31)20-8-10-21(11-9-20)34-24(36)18-35-16-5-13-27(19-35)12-3-4-17-39-23-7-2-1-6-22(23)25(37)32-14-15-33-26(27)38/h1-4,6-11H,5,12-19H2,(H,32,37)(H,33,38)(H,34,36)/b4-3-. The van der Waals surface area contributed by atoms with E-state index in [-0.39, 0.29) is 49.7 Å². The number of piperidine rings is 1. The molecule has 2 aliphatic heterocycles. The highest BCUT2D eigenvalue weighted by Crippen LogP contribution is 2.35. The van der Waals surface area contributed by atoms with Crippen molar-refractivity contribution in [3.05, 3.63) is 71.8 Å². The summed E-state index contributed by atoms with van der Waals surface area (Å²) < 4.78 is 44.2. The van der Waals surface area contributed by atoms with Crippen molar-refractivity contribution in [3.8, 4) is 5.75 Å². The Balaban J connectivity index is 1.41. The van der Waals surface area contributed by atoms with Gasteiger partial charge in [0.05, 0.1) is 23.1 Å². The molecule has 4 rings (SSSR count). The average molecular weight is 545 g/mol. The summed E-state index contributed by atoms with van der Waals surface area (Å²) in [5, 5.41) is 8.36. The molecule has 0 aliphatic carbocycles. The summed E-state index contributed by atoms with van der Waals surface area (Å²) in [5.41, 5.74) is -0.888. The first-order chi connectivity index (χ1) is 18.7. The minimum absolute atomic E-state index is 0.00425. The summed E-state index contributed by atoms with van der Waals surface area (Å²) in [7, 11) is 0. The molecule has 8 nitrogen and oxygen atoms in total. The highest BCUT2D eigenvalue weighted by molar-refractivity contribution is 5.97. The molecule has 1 fully saturated rings. The van der Waals surface area contributed by atoms with Crippen LogP contribution in [0.25, 0.3) is 0 Å². The molecule has 11 heteroatoms. The molecule has 2 heterocycles. The molecular weight excluding hydrogens is 513 g/mol. The Hall–Kier alpha value is -3.86. The zero-order valence-corrected chi connectivity index (χ0v) is 21.4. The largest absolute Gasteiger partial charge is 0.489 e. The second-order valence-electron chi connectivity index (χ2n) is 9.71. The Morgan fingerprint density at radius 3 is 2.54 bits per heavy atom. The third kappa shape index (κ3) is 7.38. The average Bonchev–Trinajstić information content (AvgIpc) is 2.90. The van der Waals surface area contributed by atoms with Gasteiger partial charge >= 0.3 is 6.18 Å². The number of rotatable bonds is 3. The number of allylic oxidation sites excluding steroid dienone is 1. The van der Waals surface area contributed by atoms with Gasteiger partial charge in [0.15, 0.2) is 0 Å². The third-order valence-electron chi connectivity index (χ3n) is 6.84. The second-order valence-corrected chi connectivity index (χ2v) is 9.71. The zero-order valence-electron chi connectivity index (χ0n) is 21.4. The number of likely N-dealkylation sites (tertiary alicyclic amines) is 1. The predicted molar refractivity (Wildman–Crippen MR) is 139 cm³/mol. The summed E-state index contributed by atoms with van der Waals surface area (Å²) in [6.45, 7) is 1.64. The Morgan fingerprint density at radius 1 is 1.03 bits per heavy atom. The molecule has 39 heavy (non-hydrogen) atoms. The summed E-state index contributed by atoms with van der Waals surface area (Å²) in [6, 6.07) is 11.2. The molecule has 1 atom stereocenters. The van der Waals surface area contributed by atoms with Crippen molar-refractivity contribution >= 4 is 23.4 Å². The Bertz CT molecular complexity index is 1220. The monoisotopic (exact) mass is 544 g/mol. The molecule has 2 aliphatic rings. The number of alkyl halides is 3. The second kappa shape index (κ2) is 12.3. The lowest BCUT2D eigenvalue weighted by Crippen LogP contribution is -2.53. The fraction of sp³-hybridized carbons (Fsp3) is 0.393. The minimum Gasteiger partial charge on any atom is -0.489 e. The number of amides is 3. The fourth-order valence-corrected chi connectivity index (χ4v) is 4.88. The molecule has 3 N–H and O–H groups in total. The van der Waals surface area contributed by atoms with Crippen molar-refractivity contribution in [2.24, 2.45) is 5.41 Å². The highest BCUT2D eigenvalue weighted by atomic mass is 19.4. The normalized spacial score (nSPS) is 22.0. The van der Waals surface area contributed by atoms with Gasteiger partial charge < -0.3 is 20.7 Å². The number of carbonyl (C=O) groups excluding carboxylic acids is 3. The molecule has 0 radical (unpaired) electrons. The maximum atomic E-state index is 13.4. The van der Waals surface area contributed by atoms with Gasteiger partial charge in [-0.25, -0.2) is 0 Å². The van der Waals surface area contributed by atoms with E-state index < -0.39 is 17.2 Å². The molecular formula is C28H31F3N4O4. The SMILES string of the molecule is O=C(CN1CCCC2(C/C=C\COc3ccccc3C(=O)NCCNC2=O)C1)Nc1ccc(C(F)(F)F)cc1. The van der Waals surface area contributed by atoms with Crippen LogP contribution in [0.15, 0.2) is 60.7 Å². The molecule has 0 saturated carbocycles. The lowest BCUT2D eigenvalue weighted by Gasteiger charge is -2.41. The van der Waals surface area contributed by atoms with E-state index >= 15 is 0 Å². The van der Waals surface area contributed by atoms with Gasteiger partial charge in [-0.3, -0.25) is 19.3 Å². The smallest absolute Gasteiger partial charge is 0.416 e. The van der Waals surface area contributed by atoms with Crippen LogP contribution in [0.2, 0.25) is 0 Å². The summed E-state index contributed by atoms with van der Waals surface area (Å²) in [5.74, 6) is -0.358. The van der Waals surface area contributed by atoms with E-state index in [1.807, 2.05) is 17.1 Å². The number of hydrogen-bond donors (Lipinski definition) is 3. The lowest BCUT2D eigenvalue weighted by molar-refractivity contribution is -0.137. The molecule has 0 bridgehead atoms. The highest BCUT2D eigenvalue weighted by Gasteiger charge is 2.41. The number of para-hydroxylation sites is 1. The summed E-state index contributed by atoms with van der Waals surface area (Å²) >= 11 is 0. The molecule has 2 aromatic rings. The van der Waals surface area contributed by atoms with Crippen molar-refractivity contribution < 1.29 is 32.3 Å². The number of nitrogens with zero attached hydrogens (tertiary/aromatic N) is 1. The van der Waals surface area contributed by atoms with E-state index in [2.05, 4.69) is 16.0 Å². The van der Waals surface area contributed by atoms with Crippen molar-refractivity contribution in [1.82, 2.24) is 15.5 Å². The number of fused-ring (bicyclic) bond motifs is 1. The van der Waals surface area contributed by atoms with Crippen molar-refractivity contribution in [2.45, 2.75) is 25.4 Å². The van der Waals surface area contributed by atoms with Gasteiger partial charge in [-0.1, -0.05) is 24.3 Å². The van der Waals surface area contributed by atoms with Crippen LogP contribution in [0.4, 0.5) is 18.9 Å². The topological polar surface area (TPSA) is 99.8 Å². The van der Waals surface area contributed by atoms with Crippen molar-refractivity contribution in [3.63, 3.8) is 0 Å². The quantitative estimate of drug-likeness (QED) is 0.513. The number of halogens is 3. The number of anilines is 1. The van der Waals surface area contributed by atoms with Gasteiger partial charge in [0.25, 0.3) is 5.91 Å². The maximum Gasteiger partial charge on any atom is 0.416 e. The third-order valence-corrected chi connectivity index (χ3v) is 6.84. The van der Waals surface area contributed by atoms with Crippen molar-refractivity contribution in [2.75, 3.05) is 44.6 Å². The van der Waals surface area contributed by atoms with Gasteiger partial charge in [0, 0.05) is 25.3 Å². The van der Waals surface area contributed by atoms with Crippen LogP contribution in [0, 0.1) is 5.41 Å². The van der Waals surface area contributed by atoms with Crippen molar-refractivity contribution in [1.29, 1.82) is 0 Å². The number of benzene rings is 2. The fourth-order valence-electron chi connectivity index (χ4n) is 4.88. The van der Waals surface area contributed by atoms with Crippen LogP contribution >= 0.6 is 0 Å². The molecule has 1 unspecified atom stereocenters. The predicted octanol–water partition coefficient (Wildman–Crippen LogP) is 3.61. The molecule has 1 saturated heterocycles. The van der Waals surface area contributed by atoms with E-state index in [0.717, 1.165) is 12.1 Å². The first-order valence-corrected chi connectivity index (χ1v) is 12.8. The molecule has 208 valence electrons. The first-order valence-electron chi connectivity index (χ1n) is 12.8. The van der Waals surface area contributed by atoms with E-state index in [0.29, 0.717) is 43.7 Å². The molecule has 2 aromatic carbocycles. The Kier molecular flexibility index (Phi) is 8.90. The minimum atomic E-state index is -4.45. The Labute approximate surface area is 224 Å². The molecule has 0 aromatic heterocycles. The van der Waals surface area contributed by atoms with Crippen LogP contribution in [0.1, 0.15) is 35.2 Å².